The number of methoxy groups -OCH3 is 2. The molecule has 0 saturated carbocycles. The van der Waals surface area contributed by atoms with Crippen molar-refractivity contribution >= 4 is 33.6 Å². The molecule has 0 aromatic heterocycles. The molecule has 0 aliphatic carbocycles. The van der Waals surface area contributed by atoms with Crippen molar-refractivity contribution in [2.45, 2.75) is 38.5 Å². The summed E-state index contributed by atoms with van der Waals surface area (Å²) < 4.78 is 11.5. The van der Waals surface area contributed by atoms with Gasteiger partial charge in [-0.15, -0.1) is 11.8 Å². The Balaban J connectivity index is 2.59. The second-order valence-electron chi connectivity index (χ2n) is 4.87. The topological polar surface area (TPSA) is 47.6 Å². The molecule has 0 unspecified atom stereocenters. The molecule has 1 aromatic rings. The van der Waals surface area contributed by atoms with Crippen molar-refractivity contribution in [3.05, 3.63) is 22.2 Å². The third-order valence-electron chi connectivity index (χ3n) is 3.40. The van der Waals surface area contributed by atoms with Crippen molar-refractivity contribution in [3.63, 3.8) is 0 Å². The highest BCUT2D eigenvalue weighted by molar-refractivity contribution is 9.10. The molecule has 0 radical (unpaired) electrons. The molecule has 4 nitrogen and oxygen atoms in total. The second kappa shape index (κ2) is 10.0. The number of thioether (sulfide) groups is 1. The number of hydrogen-bond acceptors (Lipinski definition) is 4. The van der Waals surface area contributed by atoms with Crippen molar-refractivity contribution < 1.29 is 14.3 Å². The standard InChI is InChI=1S/C16H24BrNO3S/c1-5-12(6-2)18-16(19)10-22-9-11-7-15(21-4)13(17)8-14(11)20-3/h7-8,12H,5-6,9-10H2,1-4H3,(H,18,19). The van der Waals surface area contributed by atoms with Crippen LogP contribution in [0.15, 0.2) is 16.6 Å². The molecule has 1 aromatic carbocycles. The Morgan fingerprint density at radius 1 is 1.23 bits per heavy atom. The summed E-state index contributed by atoms with van der Waals surface area (Å²) in [7, 11) is 3.27. The highest BCUT2D eigenvalue weighted by Gasteiger charge is 2.12. The Bertz CT molecular complexity index is 493. The van der Waals surface area contributed by atoms with Crippen molar-refractivity contribution in [1.82, 2.24) is 5.32 Å². The van der Waals surface area contributed by atoms with Gasteiger partial charge in [0.15, 0.2) is 0 Å². The van der Waals surface area contributed by atoms with E-state index in [0.717, 1.165) is 34.4 Å². The van der Waals surface area contributed by atoms with Gasteiger partial charge in [-0.3, -0.25) is 4.79 Å². The predicted octanol–water partition coefficient (Wildman–Crippen LogP) is 4.00. The Morgan fingerprint density at radius 2 is 1.86 bits per heavy atom. The first-order valence-corrected chi connectivity index (χ1v) is 9.27. The minimum Gasteiger partial charge on any atom is -0.496 e. The molecule has 1 amide bonds. The summed E-state index contributed by atoms with van der Waals surface area (Å²) in [5.74, 6) is 2.78. The van der Waals surface area contributed by atoms with Crippen molar-refractivity contribution in [1.29, 1.82) is 0 Å². The van der Waals surface area contributed by atoms with Gasteiger partial charge in [0.25, 0.3) is 0 Å². The fourth-order valence-electron chi connectivity index (χ4n) is 2.05. The van der Waals surface area contributed by atoms with Crippen LogP contribution in [0.25, 0.3) is 0 Å². The van der Waals surface area contributed by atoms with Gasteiger partial charge in [0.2, 0.25) is 5.91 Å². The van der Waals surface area contributed by atoms with E-state index in [-0.39, 0.29) is 11.9 Å². The van der Waals surface area contributed by atoms with Crippen LogP contribution < -0.4 is 14.8 Å². The molecule has 0 atom stereocenters. The minimum atomic E-state index is 0.0849. The summed E-state index contributed by atoms with van der Waals surface area (Å²) in [6, 6.07) is 4.10. The largest absolute Gasteiger partial charge is 0.496 e. The van der Waals surface area contributed by atoms with Crippen LogP contribution in [0.1, 0.15) is 32.3 Å². The predicted molar refractivity (Wildman–Crippen MR) is 95.9 cm³/mol. The van der Waals surface area contributed by atoms with Gasteiger partial charge in [0.1, 0.15) is 11.5 Å². The summed E-state index contributed by atoms with van der Waals surface area (Å²) in [6.45, 7) is 4.17. The van der Waals surface area contributed by atoms with Crippen LogP contribution in [-0.4, -0.2) is 31.9 Å². The van der Waals surface area contributed by atoms with Crippen LogP contribution in [0, 0.1) is 0 Å². The lowest BCUT2D eigenvalue weighted by molar-refractivity contribution is -0.119. The number of carbonyl (C=O) groups is 1. The summed E-state index contributed by atoms with van der Waals surface area (Å²) in [4.78, 5) is 11.9. The molecule has 6 heteroatoms. The zero-order valence-electron chi connectivity index (χ0n) is 13.6. The maximum atomic E-state index is 11.9. The van der Waals surface area contributed by atoms with E-state index in [9.17, 15) is 4.79 Å². The zero-order chi connectivity index (χ0) is 16.5. The minimum absolute atomic E-state index is 0.0849. The van der Waals surface area contributed by atoms with Crippen molar-refractivity contribution in [2.24, 2.45) is 0 Å². The SMILES string of the molecule is CCC(CC)NC(=O)CSCc1cc(OC)c(Br)cc1OC. The number of halogens is 1. The number of benzene rings is 1. The van der Waals surface area contributed by atoms with E-state index in [1.54, 1.807) is 26.0 Å². The van der Waals surface area contributed by atoms with Crippen LogP contribution >= 0.6 is 27.7 Å². The number of amides is 1. The Morgan fingerprint density at radius 3 is 2.41 bits per heavy atom. The van der Waals surface area contributed by atoms with Crippen molar-refractivity contribution in [2.75, 3.05) is 20.0 Å². The molecule has 124 valence electrons. The van der Waals surface area contributed by atoms with Gasteiger partial charge in [-0.1, -0.05) is 13.8 Å². The Kier molecular flexibility index (Phi) is 8.71. The van der Waals surface area contributed by atoms with Gasteiger partial charge in [0, 0.05) is 17.4 Å². The average molecular weight is 390 g/mol. The Labute approximate surface area is 145 Å². The van der Waals surface area contributed by atoms with Gasteiger partial charge >= 0.3 is 0 Å². The first-order chi connectivity index (χ1) is 10.5. The summed E-state index contributed by atoms with van der Waals surface area (Å²) in [6.07, 6.45) is 1.93. The maximum Gasteiger partial charge on any atom is 0.230 e. The van der Waals surface area contributed by atoms with E-state index in [0.29, 0.717) is 11.5 Å². The first kappa shape index (κ1) is 19.2. The fraction of sp³-hybridized carbons (Fsp3) is 0.562. The molecule has 0 fully saturated rings. The van der Waals surface area contributed by atoms with Gasteiger partial charge in [0.05, 0.1) is 24.4 Å². The van der Waals surface area contributed by atoms with Gasteiger partial charge in [-0.05, 0) is 40.9 Å². The number of nitrogens with one attached hydrogen (secondary N) is 1. The van der Waals surface area contributed by atoms with Crippen LogP contribution in [-0.2, 0) is 10.5 Å². The number of hydrogen-bond donors (Lipinski definition) is 1. The number of ether oxygens (including phenoxy) is 2. The normalized spacial score (nSPS) is 10.6. The first-order valence-electron chi connectivity index (χ1n) is 7.33. The lowest BCUT2D eigenvalue weighted by Crippen LogP contribution is -2.35. The summed E-state index contributed by atoms with van der Waals surface area (Å²) in [5, 5.41) is 3.04. The number of carbonyl (C=O) groups excluding carboxylic acids is 1. The maximum absolute atomic E-state index is 11.9. The molecular formula is C16H24BrNO3S. The Hall–Kier alpha value is -0.880. The van der Waals surface area contributed by atoms with Crippen LogP contribution in [0.4, 0.5) is 0 Å². The molecule has 0 aliphatic heterocycles. The molecule has 22 heavy (non-hydrogen) atoms. The number of rotatable bonds is 9. The van der Waals surface area contributed by atoms with E-state index in [4.69, 9.17) is 9.47 Å². The van der Waals surface area contributed by atoms with Gasteiger partial charge < -0.3 is 14.8 Å². The third-order valence-corrected chi connectivity index (χ3v) is 5.00. The van der Waals surface area contributed by atoms with E-state index < -0.39 is 0 Å². The highest BCUT2D eigenvalue weighted by atomic mass is 79.9. The van der Waals surface area contributed by atoms with E-state index in [1.807, 2.05) is 12.1 Å². The fourth-order valence-corrected chi connectivity index (χ4v) is 3.35. The quantitative estimate of drug-likeness (QED) is 0.692. The van der Waals surface area contributed by atoms with E-state index in [2.05, 4.69) is 35.1 Å². The zero-order valence-corrected chi connectivity index (χ0v) is 16.0. The monoisotopic (exact) mass is 389 g/mol. The van der Waals surface area contributed by atoms with Crippen molar-refractivity contribution in [3.8, 4) is 11.5 Å². The van der Waals surface area contributed by atoms with Crippen LogP contribution in [0.2, 0.25) is 0 Å². The third kappa shape index (κ3) is 5.72. The molecule has 0 heterocycles. The highest BCUT2D eigenvalue weighted by Crippen LogP contribution is 2.34. The smallest absolute Gasteiger partial charge is 0.230 e. The van der Waals surface area contributed by atoms with Crippen LogP contribution in [0.3, 0.4) is 0 Å². The summed E-state index contributed by atoms with van der Waals surface area (Å²) >= 11 is 5.01. The second-order valence-corrected chi connectivity index (χ2v) is 6.71. The van der Waals surface area contributed by atoms with Crippen LogP contribution in [0.5, 0.6) is 11.5 Å². The average Bonchev–Trinajstić information content (AvgIpc) is 2.53. The molecule has 0 saturated heterocycles. The lowest BCUT2D eigenvalue weighted by atomic mass is 10.2. The molecular weight excluding hydrogens is 366 g/mol. The van der Waals surface area contributed by atoms with E-state index in [1.165, 1.54) is 0 Å². The molecule has 1 N–H and O–H groups in total. The molecule has 0 aliphatic rings. The van der Waals surface area contributed by atoms with Gasteiger partial charge in [-0.2, -0.15) is 0 Å². The molecule has 0 bridgehead atoms. The molecule has 1 rings (SSSR count). The van der Waals surface area contributed by atoms with Gasteiger partial charge in [-0.25, -0.2) is 0 Å². The lowest BCUT2D eigenvalue weighted by Gasteiger charge is -2.15. The summed E-state index contributed by atoms with van der Waals surface area (Å²) in [5.41, 5.74) is 1.02. The van der Waals surface area contributed by atoms with E-state index >= 15 is 0 Å². The molecule has 0 spiro atoms.